The minimum atomic E-state index is -1.72. The number of rotatable bonds is 13. The molecule has 1 fully saturated rings. The quantitative estimate of drug-likeness (QED) is 0.194. The molecule has 0 amide bonds. The zero-order chi connectivity index (χ0) is 27.0. The highest BCUT2D eigenvalue weighted by Crippen LogP contribution is 2.50. The maximum atomic E-state index is 15.7. The van der Waals surface area contributed by atoms with Gasteiger partial charge < -0.3 is 13.8 Å². The Hall–Kier alpha value is -0.420. The van der Waals surface area contributed by atoms with Crippen molar-refractivity contribution in [2.75, 3.05) is 12.4 Å². The SMILES string of the molecule is [2H]CC1OC(n2ccc(=O)[nH]c2=O)C(F)C1OP(OCCCCSSC(C)(C)C)N(C(C)C)C(C)C. The van der Waals surface area contributed by atoms with Crippen molar-refractivity contribution in [3.05, 3.63) is 33.1 Å². The van der Waals surface area contributed by atoms with Gasteiger partial charge in [-0.3, -0.25) is 14.3 Å². The molecule has 8 nitrogen and oxygen atoms in total. The number of aromatic amines is 1. The summed E-state index contributed by atoms with van der Waals surface area (Å²) < 4.78 is 45.0. The fourth-order valence-corrected chi connectivity index (χ4v) is 7.75. The van der Waals surface area contributed by atoms with Crippen molar-refractivity contribution in [3.63, 3.8) is 0 Å². The second-order valence-electron chi connectivity index (χ2n) is 9.96. The predicted molar refractivity (Wildman–Crippen MR) is 145 cm³/mol. The molecule has 1 aromatic heterocycles. The lowest BCUT2D eigenvalue weighted by atomic mass is 10.2. The Bertz CT molecular complexity index is 909. The second kappa shape index (κ2) is 13.9. The lowest BCUT2D eigenvalue weighted by Gasteiger charge is -2.37. The van der Waals surface area contributed by atoms with Crippen LogP contribution in [0.3, 0.4) is 0 Å². The molecule has 0 aromatic carbocycles. The van der Waals surface area contributed by atoms with Crippen LogP contribution >= 0.6 is 30.1 Å². The monoisotopic (exact) mass is 554 g/mol. The predicted octanol–water partition coefficient (Wildman–Crippen LogP) is 5.50. The van der Waals surface area contributed by atoms with Crippen LogP contribution in [0.5, 0.6) is 0 Å². The number of halogens is 1. The van der Waals surface area contributed by atoms with E-state index in [0.29, 0.717) is 6.61 Å². The highest BCUT2D eigenvalue weighted by Gasteiger charge is 2.47. The minimum Gasteiger partial charge on any atom is -0.349 e. The van der Waals surface area contributed by atoms with Gasteiger partial charge in [0.25, 0.3) is 14.1 Å². The average molecular weight is 555 g/mol. The highest BCUT2D eigenvalue weighted by atomic mass is 33.1. The van der Waals surface area contributed by atoms with Crippen LogP contribution in [0.25, 0.3) is 0 Å². The highest BCUT2D eigenvalue weighted by molar-refractivity contribution is 8.77. The van der Waals surface area contributed by atoms with Crippen molar-refractivity contribution < 1.29 is 19.5 Å². The summed E-state index contributed by atoms with van der Waals surface area (Å²) >= 11 is 0. The fraction of sp³-hybridized carbons (Fsp3) is 0.826. The van der Waals surface area contributed by atoms with Crippen molar-refractivity contribution in [2.24, 2.45) is 0 Å². The molecule has 0 radical (unpaired) electrons. The topological polar surface area (TPSA) is 85.8 Å². The summed E-state index contributed by atoms with van der Waals surface area (Å²) in [5, 5.41) is 0. The molecule has 5 atom stereocenters. The average Bonchev–Trinajstić information content (AvgIpc) is 3.07. The lowest BCUT2D eigenvalue weighted by Crippen LogP contribution is -2.38. The summed E-state index contributed by atoms with van der Waals surface area (Å²) in [4.78, 5) is 25.8. The molecule has 1 aromatic rings. The number of nitrogens with zero attached hydrogens (tertiary/aromatic N) is 2. The summed E-state index contributed by atoms with van der Waals surface area (Å²) in [5.41, 5.74) is -1.35. The molecule has 2 rings (SSSR count). The van der Waals surface area contributed by atoms with Crippen molar-refractivity contribution >= 4 is 30.1 Å². The van der Waals surface area contributed by atoms with Gasteiger partial charge in [-0.25, -0.2) is 13.9 Å². The van der Waals surface area contributed by atoms with E-state index in [4.69, 9.17) is 15.2 Å². The van der Waals surface area contributed by atoms with E-state index >= 15 is 4.39 Å². The Labute approximate surface area is 218 Å². The molecule has 0 spiro atoms. The summed E-state index contributed by atoms with van der Waals surface area (Å²) in [7, 11) is 2.07. The second-order valence-corrected chi connectivity index (χ2v) is 14.6. The molecule has 1 aliphatic heterocycles. The maximum absolute atomic E-state index is 15.7. The first-order valence-corrected chi connectivity index (χ1v) is 15.4. The lowest BCUT2D eigenvalue weighted by molar-refractivity contribution is -0.0180. The van der Waals surface area contributed by atoms with E-state index in [1.165, 1.54) is 6.20 Å². The van der Waals surface area contributed by atoms with Crippen LogP contribution in [0.15, 0.2) is 21.9 Å². The van der Waals surface area contributed by atoms with E-state index in [1.54, 1.807) is 0 Å². The number of ether oxygens (including phenoxy) is 1. The first-order valence-electron chi connectivity index (χ1n) is 12.7. The summed E-state index contributed by atoms with van der Waals surface area (Å²) in [5.74, 6) is 1.02. The minimum absolute atomic E-state index is 0.0855. The Morgan fingerprint density at radius 2 is 1.97 bits per heavy atom. The number of hydrogen-bond acceptors (Lipinski definition) is 8. The van der Waals surface area contributed by atoms with Crippen molar-refractivity contribution in [2.45, 2.75) is 110 Å². The molecule has 12 heteroatoms. The number of aromatic nitrogens is 2. The summed E-state index contributed by atoms with van der Waals surface area (Å²) in [6, 6.07) is 1.30. The van der Waals surface area contributed by atoms with Crippen LogP contribution in [0, 0.1) is 0 Å². The van der Waals surface area contributed by atoms with E-state index in [-0.39, 0.29) is 23.7 Å². The molecular formula is C23H41FN3O5PS2. The van der Waals surface area contributed by atoms with Gasteiger partial charge in [-0.1, -0.05) is 42.4 Å². The molecule has 0 bridgehead atoms. The van der Waals surface area contributed by atoms with Crippen molar-refractivity contribution in [1.29, 1.82) is 0 Å². The van der Waals surface area contributed by atoms with E-state index < -0.39 is 44.4 Å². The molecule has 1 N–H and O–H groups in total. The first-order chi connectivity index (χ1) is 16.9. The van der Waals surface area contributed by atoms with Crippen LogP contribution in [0.1, 0.15) is 75.8 Å². The normalized spacial score (nSPS) is 24.5. The molecule has 1 aliphatic rings. The fourth-order valence-electron chi connectivity index (χ4n) is 3.52. The number of hydrogen-bond donors (Lipinski definition) is 1. The molecular weight excluding hydrogens is 512 g/mol. The third-order valence-corrected chi connectivity index (χ3v) is 10.5. The number of unbranched alkanes of at least 4 members (excludes halogenated alkanes) is 1. The molecule has 35 heavy (non-hydrogen) atoms. The van der Waals surface area contributed by atoms with Crippen LogP contribution in [-0.4, -0.2) is 61.8 Å². The molecule has 5 unspecified atom stereocenters. The van der Waals surface area contributed by atoms with Gasteiger partial charge in [-0.05, 0) is 47.4 Å². The third kappa shape index (κ3) is 9.43. The first kappa shape index (κ1) is 29.1. The van der Waals surface area contributed by atoms with Gasteiger partial charge in [0.1, 0.15) is 6.10 Å². The van der Waals surface area contributed by atoms with E-state index in [0.717, 1.165) is 29.2 Å². The van der Waals surface area contributed by atoms with Crippen LogP contribution in [0.2, 0.25) is 0 Å². The largest absolute Gasteiger partial charge is 0.349 e. The van der Waals surface area contributed by atoms with Gasteiger partial charge in [0.15, 0.2) is 12.4 Å². The van der Waals surface area contributed by atoms with Crippen LogP contribution < -0.4 is 11.2 Å². The van der Waals surface area contributed by atoms with E-state index in [9.17, 15) is 9.59 Å². The number of H-pyrrole nitrogens is 1. The summed E-state index contributed by atoms with van der Waals surface area (Å²) in [6.07, 6.45) is -1.95. The van der Waals surface area contributed by atoms with Crippen molar-refractivity contribution in [3.8, 4) is 0 Å². The molecule has 202 valence electrons. The van der Waals surface area contributed by atoms with Crippen LogP contribution in [0.4, 0.5) is 4.39 Å². The molecule has 2 heterocycles. The van der Waals surface area contributed by atoms with Gasteiger partial charge in [0.05, 0.1) is 12.7 Å². The molecule has 0 aliphatic carbocycles. The maximum Gasteiger partial charge on any atom is 0.330 e. The van der Waals surface area contributed by atoms with Gasteiger partial charge in [0.2, 0.25) is 0 Å². The van der Waals surface area contributed by atoms with Gasteiger partial charge in [0, 0.05) is 36.2 Å². The van der Waals surface area contributed by atoms with E-state index in [1.807, 2.05) is 49.3 Å². The van der Waals surface area contributed by atoms with Gasteiger partial charge >= 0.3 is 5.69 Å². The number of nitrogens with one attached hydrogen (secondary N) is 1. The Balaban J connectivity index is 2.10. The Morgan fingerprint density at radius 1 is 1.29 bits per heavy atom. The summed E-state index contributed by atoms with van der Waals surface area (Å²) in [6.45, 7) is 14.9. The molecule has 0 saturated carbocycles. The standard InChI is InChI=1S/C23H41FN3O5PS2/c1-15(2)27(16(3)4)33(30-13-9-10-14-34-35-23(6,7)8)32-20-17(5)31-21(19(20)24)26-12-11-18(28)25-22(26)29/h11-12,15-17,19-21H,9-10,13-14H2,1-8H3,(H,25,28,29)/i5D. The number of alkyl halides is 1. The van der Waals surface area contributed by atoms with Gasteiger partial charge in [-0.15, -0.1) is 0 Å². The third-order valence-electron chi connectivity index (χ3n) is 4.98. The van der Waals surface area contributed by atoms with Crippen LogP contribution in [-0.2, 0) is 13.8 Å². The van der Waals surface area contributed by atoms with Gasteiger partial charge in [-0.2, -0.15) is 0 Å². The zero-order valence-electron chi connectivity index (χ0n) is 22.7. The molecule has 1 saturated heterocycles. The zero-order valence-corrected chi connectivity index (χ0v) is 24.3. The Morgan fingerprint density at radius 3 is 2.54 bits per heavy atom. The smallest absolute Gasteiger partial charge is 0.330 e. The van der Waals surface area contributed by atoms with E-state index in [2.05, 4.69) is 30.4 Å². The Kier molecular flexibility index (Phi) is 11.6. The van der Waals surface area contributed by atoms with Crippen molar-refractivity contribution in [1.82, 2.24) is 14.2 Å².